The van der Waals surface area contributed by atoms with Crippen molar-refractivity contribution in [2.75, 3.05) is 6.61 Å². The zero-order valence-electron chi connectivity index (χ0n) is 15.5. The van der Waals surface area contributed by atoms with E-state index in [1.165, 1.54) is 6.92 Å². The van der Waals surface area contributed by atoms with Crippen molar-refractivity contribution in [3.8, 4) is 0 Å². The van der Waals surface area contributed by atoms with Crippen molar-refractivity contribution in [1.82, 2.24) is 4.90 Å². The highest BCUT2D eigenvalue weighted by molar-refractivity contribution is 6.09. The van der Waals surface area contributed by atoms with E-state index in [9.17, 15) is 19.2 Å². The molecule has 1 aromatic rings. The number of hydrogen-bond acceptors (Lipinski definition) is 5. The lowest BCUT2D eigenvalue weighted by atomic mass is 9.63. The first-order valence-electron chi connectivity index (χ1n) is 9.79. The molecule has 4 aliphatic carbocycles. The van der Waals surface area contributed by atoms with Gasteiger partial charge in [-0.1, -0.05) is 42.5 Å². The number of Topliss-reactive ketones (excluding diaryl/α,β-unsaturated/α-hetero) is 1. The number of amides is 2. The average Bonchev–Trinajstić information content (AvgIpc) is 3.50. The third-order valence-corrected chi connectivity index (χ3v) is 6.87. The van der Waals surface area contributed by atoms with Gasteiger partial charge in [0, 0.05) is 5.56 Å². The summed E-state index contributed by atoms with van der Waals surface area (Å²) in [6.45, 7) is 1.09. The number of imide groups is 1. The third kappa shape index (κ3) is 2.40. The Morgan fingerprint density at radius 1 is 1.04 bits per heavy atom. The number of carbonyl (C=O) groups excluding carboxylic acids is 4. The van der Waals surface area contributed by atoms with E-state index in [0.717, 1.165) is 11.3 Å². The molecule has 7 atom stereocenters. The minimum atomic E-state index is -1.02. The van der Waals surface area contributed by atoms with Crippen LogP contribution in [0.2, 0.25) is 0 Å². The quantitative estimate of drug-likeness (QED) is 0.338. The second kappa shape index (κ2) is 6.12. The van der Waals surface area contributed by atoms with Crippen LogP contribution in [0.3, 0.4) is 0 Å². The van der Waals surface area contributed by atoms with E-state index in [-0.39, 0.29) is 41.3 Å². The van der Waals surface area contributed by atoms with Gasteiger partial charge in [0.25, 0.3) is 0 Å². The lowest BCUT2D eigenvalue weighted by Gasteiger charge is -2.37. The molecule has 0 aromatic heterocycles. The van der Waals surface area contributed by atoms with E-state index in [0.29, 0.717) is 17.4 Å². The van der Waals surface area contributed by atoms with Crippen LogP contribution in [0.25, 0.3) is 0 Å². The molecule has 6 heteroatoms. The number of hydrogen-bond donors (Lipinski definition) is 0. The van der Waals surface area contributed by atoms with Crippen molar-refractivity contribution >= 4 is 23.6 Å². The Kier molecular flexibility index (Phi) is 3.79. The fourth-order valence-electron chi connectivity index (χ4n) is 5.43. The number of carbonyl (C=O) groups is 4. The Morgan fingerprint density at radius 2 is 1.61 bits per heavy atom. The van der Waals surface area contributed by atoms with Crippen molar-refractivity contribution < 1.29 is 23.9 Å². The van der Waals surface area contributed by atoms with Crippen molar-refractivity contribution in [2.24, 2.45) is 35.5 Å². The van der Waals surface area contributed by atoms with Crippen molar-refractivity contribution in [3.63, 3.8) is 0 Å². The highest BCUT2D eigenvalue weighted by Gasteiger charge is 2.67. The molecule has 1 aliphatic heterocycles. The Hall–Kier alpha value is -2.76. The number of esters is 1. The SMILES string of the molecule is C[C@H](C(=O)OCC(=O)c1ccccc1)N1C(=O)[C@@H]2[C@H]3C=C[C@@H]([C@@H]4C[C@H]34)[C@@H]2C1=O. The minimum absolute atomic E-state index is 0.115. The fourth-order valence-corrected chi connectivity index (χ4v) is 5.43. The summed E-state index contributed by atoms with van der Waals surface area (Å²) in [6, 6.07) is 7.52. The molecule has 0 N–H and O–H groups in total. The van der Waals surface area contributed by atoms with E-state index in [1.54, 1.807) is 30.3 Å². The molecule has 3 fully saturated rings. The van der Waals surface area contributed by atoms with Crippen molar-refractivity contribution in [3.05, 3.63) is 48.0 Å². The second-order valence-electron chi connectivity index (χ2n) is 8.27. The van der Waals surface area contributed by atoms with Crippen LogP contribution in [0.4, 0.5) is 0 Å². The van der Waals surface area contributed by atoms with Crippen LogP contribution in [0.1, 0.15) is 23.7 Å². The summed E-state index contributed by atoms with van der Waals surface area (Å²) in [4.78, 5) is 51.7. The number of allylic oxidation sites excluding steroid dienone is 2. The number of benzene rings is 1. The van der Waals surface area contributed by atoms with E-state index >= 15 is 0 Å². The maximum atomic E-state index is 13.0. The standard InChI is InChI=1S/C22H21NO5/c1-11(22(27)28-10-17(24)12-5-3-2-4-6-12)23-20(25)18-13-7-8-14(16-9-15(13)16)19(18)21(23)26/h2-8,11,13-16,18-19H,9-10H2,1H3/t11-,13+,14+,15-,16+,18-,19+/m1/s1. The molecule has 0 radical (unpaired) electrons. The summed E-state index contributed by atoms with van der Waals surface area (Å²) in [5.41, 5.74) is 0.448. The van der Waals surface area contributed by atoms with Crippen LogP contribution in [0.15, 0.2) is 42.5 Å². The van der Waals surface area contributed by atoms with Crippen molar-refractivity contribution in [2.45, 2.75) is 19.4 Å². The number of rotatable bonds is 5. The highest BCUT2D eigenvalue weighted by Crippen LogP contribution is 2.65. The van der Waals surface area contributed by atoms with E-state index in [2.05, 4.69) is 12.2 Å². The lowest BCUT2D eigenvalue weighted by Crippen LogP contribution is -2.45. The Balaban J connectivity index is 1.27. The Bertz CT molecular complexity index is 871. The molecule has 1 saturated heterocycles. The van der Waals surface area contributed by atoms with Gasteiger partial charge in [0.05, 0.1) is 11.8 Å². The summed E-state index contributed by atoms with van der Waals surface area (Å²) in [7, 11) is 0. The number of ketones is 1. The summed E-state index contributed by atoms with van der Waals surface area (Å²) < 4.78 is 5.13. The maximum absolute atomic E-state index is 13.0. The first-order valence-corrected chi connectivity index (χ1v) is 9.79. The van der Waals surface area contributed by atoms with Gasteiger partial charge >= 0.3 is 5.97 Å². The fraction of sp³-hybridized carbons (Fsp3) is 0.455. The van der Waals surface area contributed by atoms with Gasteiger partial charge in [-0.3, -0.25) is 19.3 Å². The molecule has 6 rings (SSSR count). The predicted molar refractivity (Wildman–Crippen MR) is 97.7 cm³/mol. The first-order chi connectivity index (χ1) is 13.5. The molecule has 28 heavy (non-hydrogen) atoms. The van der Waals surface area contributed by atoms with Crippen LogP contribution in [-0.2, 0) is 19.1 Å². The van der Waals surface area contributed by atoms with Crippen LogP contribution in [0.5, 0.6) is 0 Å². The van der Waals surface area contributed by atoms with E-state index < -0.39 is 18.6 Å². The Labute approximate surface area is 162 Å². The smallest absolute Gasteiger partial charge is 0.329 e. The maximum Gasteiger partial charge on any atom is 0.329 e. The molecule has 2 saturated carbocycles. The topological polar surface area (TPSA) is 80.8 Å². The van der Waals surface area contributed by atoms with Crippen LogP contribution >= 0.6 is 0 Å². The lowest BCUT2D eigenvalue weighted by molar-refractivity contribution is -0.157. The van der Waals surface area contributed by atoms with Crippen LogP contribution in [-0.4, -0.2) is 41.1 Å². The molecule has 5 aliphatic rings. The molecular formula is C22H21NO5. The zero-order chi connectivity index (χ0) is 19.6. The van der Waals surface area contributed by atoms with Gasteiger partial charge < -0.3 is 4.74 Å². The van der Waals surface area contributed by atoms with Crippen molar-refractivity contribution in [1.29, 1.82) is 0 Å². The normalized spacial score (nSPS) is 35.4. The summed E-state index contributed by atoms with van der Waals surface area (Å²) in [5, 5.41) is 0. The van der Waals surface area contributed by atoms with Gasteiger partial charge in [0.2, 0.25) is 11.8 Å². The van der Waals surface area contributed by atoms with E-state index in [4.69, 9.17) is 4.74 Å². The number of nitrogens with zero attached hydrogens (tertiary/aromatic N) is 1. The molecular weight excluding hydrogens is 358 g/mol. The van der Waals surface area contributed by atoms with Gasteiger partial charge in [-0.25, -0.2) is 4.79 Å². The van der Waals surface area contributed by atoms with Gasteiger partial charge in [-0.15, -0.1) is 0 Å². The second-order valence-corrected chi connectivity index (χ2v) is 8.27. The third-order valence-electron chi connectivity index (χ3n) is 6.87. The first kappa shape index (κ1) is 17.3. The molecule has 1 aromatic carbocycles. The molecule has 2 amide bonds. The van der Waals surface area contributed by atoms with Gasteiger partial charge in [-0.2, -0.15) is 0 Å². The van der Waals surface area contributed by atoms with Crippen LogP contribution in [0, 0.1) is 35.5 Å². The van der Waals surface area contributed by atoms with Crippen LogP contribution < -0.4 is 0 Å². The molecule has 6 nitrogen and oxygen atoms in total. The summed E-state index contributed by atoms with van der Waals surface area (Å²) in [5.74, 6) is -1.01. The minimum Gasteiger partial charge on any atom is -0.456 e. The molecule has 0 spiro atoms. The molecule has 1 heterocycles. The Morgan fingerprint density at radius 3 is 2.18 bits per heavy atom. The largest absolute Gasteiger partial charge is 0.456 e. The van der Waals surface area contributed by atoms with Gasteiger partial charge in [0.15, 0.2) is 12.4 Å². The highest BCUT2D eigenvalue weighted by atomic mass is 16.5. The predicted octanol–water partition coefficient (Wildman–Crippen LogP) is 1.85. The van der Waals surface area contributed by atoms with E-state index in [1.807, 2.05) is 0 Å². The number of likely N-dealkylation sites (tertiary alicyclic amines) is 1. The molecule has 0 unspecified atom stereocenters. The molecule has 2 bridgehead atoms. The monoisotopic (exact) mass is 379 g/mol. The van der Waals surface area contributed by atoms with Gasteiger partial charge in [-0.05, 0) is 37.0 Å². The van der Waals surface area contributed by atoms with Gasteiger partial charge in [0.1, 0.15) is 6.04 Å². The number of ether oxygens (including phenoxy) is 1. The average molecular weight is 379 g/mol. The zero-order valence-corrected chi connectivity index (χ0v) is 15.5. The molecule has 144 valence electrons. The summed E-state index contributed by atoms with van der Waals surface area (Å²) >= 11 is 0. The summed E-state index contributed by atoms with van der Waals surface area (Å²) in [6.07, 6.45) is 5.28.